The number of sulfonamides is 1. The van der Waals surface area contributed by atoms with E-state index in [9.17, 15) is 17.6 Å². The molecule has 0 bridgehead atoms. The zero-order valence-corrected chi connectivity index (χ0v) is 18.0. The number of benzene rings is 2. The maximum absolute atomic E-state index is 14.5. The molecule has 0 amide bonds. The van der Waals surface area contributed by atoms with Crippen molar-refractivity contribution in [3.05, 3.63) is 53.8 Å². The summed E-state index contributed by atoms with van der Waals surface area (Å²) in [5.74, 6) is -0.819. The Balaban J connectivity index is 1.93. The summed E-state index contributed by atoms with van der Waals surface area (Å²) >= 11 is 1.24. The summed E-state index contributed by atoms with van der Waals surface area (Å²) in [5, 5.41) is 17.5. The number of rotatable bonds is 7. The first-order chi connectivity index (χ1) is 14.1. The van der Waals surface area contributed by atoms with Gasteiger partial charge in [-0.1, -0.05) is 12.1 Å². The second-order valence-corrected chi connectivity index (χ2v) is 9.69. The van der Waals surface area contributed by atoms with E-state index in [2.05, 4.69) is 10.2 Å². The Labute approximate surface area is 177 Å². The molecule has 0 saturated heterocycles. The Morgan fingerprint density at radius 1 is 1.17 bits per heavy atom. The van der Waals surface area contributed by atoms with Gasteiger partial charge in [0.25, 0.3) is 0 Å². The van der Waals surface area contributed by atoms with E-state index in [1.54, 1.807) is 35.9 Å². The smallest absolute Gasteiger partial charge is 0.242 e. The molecule has 158 valence electrons. The number of ketones is 1. The van der Waals surface area contributed by atoms with Gasteiger partial charge in [-0.3, -0.25) is 4.79 Å². The van der Waals surface area contributed by atoms with Crippen molar-refractivity contribution in [3.8, 4) is 11.4 Å². The second-order valence-electron chi connectivity index (χ2n) is 6.50. The van der Waals surface area contributed by atoms with Crippen LogP contribution < -0.4 is 0 Å². The molecular weight excluding hydrogens is 431 g/mol. The first-order valence-corrected chi connectivity index (χ1v) is 10.9. The molecule has 0 atom stereocenters. The van der Waals surface area contributed by atoms with Crippen LogP contribution in [-0.4, -0.2) is 59.1 Å². The van der Waals surface area contributed by atoms with Gasteiger partial charge in [-0.15, -0.1) is 10.2 Å². The highest BCUT2D eigenvalue weighted by Crippen LogP contribution is 2.31. The van der Waals surface area contributed by atoms with Gasteiger partial charge in [0.05, 0.1) is 10.5 Å². The zero-order chi connectivity index (χ0) is 22.1. The van der Waals surface area contributed by atoms with Gasteiger partial charge >= 0.3 is 0 Å². The van der Waals surface area contributed by atoms with Crippen molar-refractivity contribution >= 4 is 27.6 Å². The normalized spacial score (nSPS) is 11.8. The van der Waals surface area contributed by atoms with Gasteiger partial charge in [-0.05, 0) is 42.1 Å². The van der Waals surface area contributed by atoms with E-state index in [1.807, 2.05) is 0 Å². The molecule has 3 rings (SSSR count). The molecule has 1 aromatic heterocycles. The number of hydrogen-bond acceptors (Lipinski definition) is 7. The summed E-state index contributed by atoms with van der Waals surface area (Å²) in [6.07, 6.45) is 0. The minimum atomic E-state index is -3.73. The van der Waals surface area contributed by atoms with E-state index in [0.29, 0.717) is 10.7 Å². The van der Waals surface area contributed by atoms with Crippen molar-refractivity contribution in [2.24, 2.45) is 7.05 Å². The Kier molecular flexibility index (Phi) is 6.36. The topological polar surface area (TPSA) is 105 Å². The molecule has 30 heavy (non-hydrogen) atoms. The second kappa shape index (κ2) is 8.64. The van der Waals surface area contributed by atoms with Crippen LogP contribution in [0.15, 0.2) is 57.4 Å². The number of Topliss-reactive ketones (excluding diaryl/α,β-unsaturated/α-hetero) is 1. The van der Waals surface area contributed by atoms with Crippen LogP contribution >= 0.6 is 11.8 Å². The summed E-state index contributed by atoms with van der Waals surface area (Å²) in [6.45, 7) is -0.562. The van der Waals surface area contributed by atoms with Crippen molar-refractivity contribution < 1.29 is 22.7 Å². The largest absolute Gasteiger partial charge is 0.388 e. The fourth-order valence-electron chi connectivity index (χ4n) is 2.59. The third-order valence-corrected chi connectivity index (χ3v) is 7.18. The van der Waals surface area contributed by atoms with E-state index in [0.717, 1.165) is 15.3 Å². The first kappa shape index (κ1) is 22.1. The highest BCUT2D eigenvalue weighted by Gasteiger charge is 2.22. The quantitative estimate of drug-likeness (QED) is 0.550. The minimum absolute atomic E-state index is 0.0173. The SMILES string of the molecule is CN(C)S(=O)(=O)c1ccc(F)c(-c2nnc(Sc3ccc(C(=O)CO)cc3)n2C)c1. The Bertz CT molecular complexity index is 1190. The predicted octanol–water partition coefficient (Wildman–Crippen LogP) is 2.20. The Hall–Kier alpha value is -2.60. The van der Waals surface area contributed by atoms with Crippen LogP contribution in [0.4, 0.5) is 4.39 Å². The van der Waals surface area contributed by atoms with Crippen molar-refractivity contribution in [1.82, 2.24) is 19.1 Å². The van der Waals surface area contributed by atoms with E-state index >= 15 is 0 Å². The van der Waals surface area contributed by atoms with Crippen LogP contribution in [0.1, 0.15) is 10.4 Å². The van der Waals surface area contributed by atoms with Crippen LogP contribution in [0, 0.1) is 5.82 Å². The number of carbonyl (C=O) groups excluding carboxylic acids is 1. The van der Waals surface area contributed by atoms with Crippen LogP contribution in [-0.2, 0) is 17.1 Å². The van der Waals surface area contributed by atoms with Crippen LogP contribution in [0.2, 0.25) is 0 Å². The van der Waals surface area contributed by atoms with Crippen molar-refractivity contribution in [2.45, 2.75) is 14.9 Å². The minimum Gasteiger partial charge on any atom is -0.388 e. The molecule has 0 fully saturated rings. The molecule has 0 spiro atoms. The molecule has 0 aliphatic rings. The van der Waals surface area contributed by atoms with Crippen molar-refractivity contribution in [1.29, 1.82) is 0 Å². The fourth-order valence-corrected chi connectivity index (χ4v) is 4.31. The van der Waals surface area contributed by atoms with Gasteiger partial charge in [0, 0.05) is 31.6 Å². The van der Waals surface area contributed by atoms with E-state index < -0.39 is 22.4 Å². The lowest BCUT2D eigenvalue weighted by atomic mass is 10.1. The van der Waals surface area contributed by atoms with Crippen LogP contribution in [0.3, 0.4) is 0 Å². The molecule has 11 heteroatoms. The number of aliphatic hydroxyl groups is 1. The van der Waals surface area contributed by atoms with Gasteiger partial charge in [0.15, 0.2) is 16.8 Å². The highest BCUT2D eigenvalue weighted by molar-refractivity contribution is 7.99. The number of aromatic nitrogens is 3. The third kappa shape index (κ3) is 4.29. The van der Waals surface area contributed by atoms with Gasteiger partial charge < -0.3 is 9.67 Å². The lowest BCUT2D eigenvalue weighted by Gasteiger charge is -2.12. The number of aliphatic hydroxyl groups excluding tert-OH is 1. The first-order valence-electron chi connectivity index (χ1n) is 8.69. The molecule has 0 aliphatic carbocycles. The summed E-state index contributed by atoms with van der Waals surface area (Å²) < 4.78 is 41.8. The van der Waals surface area contributed by atoms with E-state index in [-0.39, 0.29) is 22.1 Å². The van der Waals surface area contributed by atoms with Crippen LogP contribution in [0.5, 0.6) is 0 Å². The zero-order valence-electron chi connectivity index (χ0n) is 16.4. The Morgan fingerprint density at radius 3 is 2.43 bits per heavy atom. The summed E-state index contributed by atoms with van der Waals surface area (Å²) in [5.41, 5.74) is 0.408. The van der Waals surface area contributed by atoms with E-state index in [1.165, 1.54) is 38.0 Å². The molecule has 2 aromatic carbocycles. The standard InChI is InChI=1S/C19H19FN4O4S2/c1-23(2)30(27,28)14-8-9-16(20)15(10-14)18-21-22-19(24(18)3)29-13-6-4-12(5-7-13)17(26)11-25/h4-10,25H,11H2,1-3H3. The average Bonchev–Trinajstić information content (AvgIpc) is 3.08. The maximum Gasteiger partial charge on any atom is 0.242 e. The van der Waals surface area contributed by atoms with Crippen molar-refractivity contribution in [3.63, 3.8) is 0 Å². The van der Waals surface area contributed by atoms with E-state index in [4.69, 9.17) is 5.11 Å². The molecule has 1 heterocycles. The lowest BCUT2D eigenvalue weighted by molar-refractivity contribution is 0.0903. The molecule has 3 aromatic rings. The molecule has 0 aliphatic heterocycles. The highest BCUT2D eigenvalue weighted by atomic mass is 32.2. The molecule has 0 saturated carbocycles. The molecule has 0 radical (unpaired) electrons. The summed E-state index contributed by atoms with van der Waals surface area (Å²) in [4.78, 5) is 12.2. The number of halogens is 1. The van der Waals surface area contributed by atoms with Crippen LogP contribution in [0.25, 0.3) is 11.4 Å². The summed E-state index contributed by atoms with van der Waals surface area (Å²) in [7, 11) is 0.709. The molecular formula is C19H19FN4O4S2. The average molecular weight is 451 g/mol. The third-order valence-electron chi connectivity index (χ3n) is 4.32. The van der Waals surface area contributed by atoms with Gasteiger partial charge in [0.2, 0.25) is 10.0 Å². The van der Waals surface area contributed by atoms with Gasteiger partial charge in [-0.2, -0.15) is 0 Å². The van der Waals surface area contributed by atoms with Gasteiger partial charge in [-0.25, -0.2) is 17.1 Å². The maximum atomic E-state index is 14.5. The number of carbonyl (C=O) groups is 1. The van der Waals surface area contributed by atoms with Crippen molar-refractivity contribution in [2.75, 3.05) is 20.7 Å². The lowest BCUT2D eigenvalue weighted by Crippen LogP contribution is -2.22. The summed E-state index contributed by atoms with van der Waals surface area (Å²) in [6, 6.07) is 10.1. The predicted molar refractivity (Wildman–Crippen MR) is 109 cm³/mol. The van der Waals surface area contributed by atoms with Gasteiger partial charge in [0.1, 0.15) is 12.4 Å². The molecule has 0 unspecified atom stereocenters. The Morgan fingerprint density at radius 2 is 1.83 bits per heavy atom. The fraction of sp³-hybridized carbons (Fsp3) is 0.211. The number of hydrogen-bond donors (Lipinski definition) is 1. The molecule has 1 N–H and O–H groups in total. The molecule has 8 nitrogen and oxygen atoms in total. The monoisotopic (exact) mass is 450 g/mol. The number of nitrogens with zero attached hydrogens (tertiary/aromatic N) is 4.